The lowest BCUT2D eigenvalue weighted by molar-refractivity contribution is 0.292. The molecule has 0 saturated heterocycles. The van der Waals surface area contributed by atoms with Crippen LogP contribution in [0.25, 0.3) is 0 Å². The van der Waals surface area contributed by atoms with Crippen LogP contribution < -0.4 is 15.5 Å². The molecule has 1 heterocycles. The molecule has 0 aliphatic carbocycles. The molecular weight excluding hydrogens is 419 g/mol. The van der Waals surface area contributed by atoms with Crippen LogP contribution in [-0.2, 0) is 12.1 Å². The Morgan fingerprint density at radius 2 is 1.50 bits per heavy atom. The van der Waals surface area contributed by atoms with Gasteiger partial charge in [0.25, 0.3) is 5.56 Å². The van der Waals surface area contributed by atoms with E-state index in [0.717, 1.165) is 10.8 Å². The zero-order chi connectivity index (χ0) is 23.1. The maximum atomic E-state index is 16.4. The average molecular weight is 453 g/mol. The number of ether oxygens (including phenoxy) is 1. The largest absolute Gasteiger partial charge is 0.485 e. The van der Waals surface area contributed by atoms with E-state index in [9.17, 15) is 4.79 Å². The van der Waals surface area contributed by atoms with Gasteiger partial charge in [0, 0.05) is 0 Å². The van der Waals surface area contributed by atoms with Crippen LogP contribution in [0.2, 0.25) is 15.1 Å². The molecule has 1 aromatic carbocycles. The van der Waals surface area contributed by atoms with Gasteiger partial charge in [-0.25, -0.2) is 4.68 Å². The van der Waals surface area contributed by atoms with Gasteiger partial charge in [-0.05, 0) is 26.3 Å². The van der Waals surface area contributed by atoms with Crippen LogP contribution in [0.4, 0.5) is 4.11 Å². The zero-order valence-electron chi connectivity index (χ0n) is 19.6. The van der Waals surface area contributed by atoms with Crippen molar-refractivity contribution < 1.29 is 8.84 Å². The van der Waals surface area contributed by atoms with Gasteiger partial charge in [0.05, 0.1) is 20.1 Å². The molecule has 0 N–H and O–H groups in total. The predicted octanol–water partition coefficient (Wildman–Crippen LogP) is 5.95. The molecule has 0 amide bonds. The first kappa shape index (κ1) is 24.6. The molecule has 2 rings (SSSR count). The summed E-state index contributed by atoms with van der Waals surface area (Å²) >= 11 is 6.21. The van der Waals surface area contributed by atoms with Crippen LogP contribution in [0.3, 0.4) is 0 Å². The molecule has 4 nitrogen and oxygen atoms in total. The second-order valence-electron chi connectivity index (χ2n) is 10.9. The van der Waals surface area contributed by atoms with Crippen molar-refractivity contribution in [3.63, 3.8) is 0 Å². The lowest BCUT2D eigenvalue weighted by Crippen LogP contribution is -2.57. The van der Waals surface area contributed by atoms with Crippen LogP contribution in [0, 0.1) is 0 Å². The van der Waals surface area contributed by atoms with Crippen molar-refractivity contribution in [3.8, 4) is 5.75 Å². The van der Waals surface area contributed by atoms with Crippen molar-refractivity contribution in [3.05, 3.63) is 51.4 Å². The summed E-state index contributed by atoms with van der Waals surface area (Å²) in [5.74, 6) is 0.241. The fourth-order valence-electron chi connectivity index (χ4n) is 3.98. The molecular formula is C23H34ClFN2O2Si-. The van der Waals surface area contributed by atoms with Gasteiger partial charge in [-0.1, -0.05) is 77.4 Å². The molecule has 0 fully saturated rings. The van der Waals surface area contributed by atoms with Crippen molar-refractivity contribution in [1.82, 2.24) is 9.78 Å². The minimum absolute atomic E-state index is 0.00666. The van der Waals surface area contributed by atoms with E-state index in [0.29, 0.717) is 0 Å². The molecule has 0 aliphatic rings. The standard InChI is InChI=1S/C23H34ClFN2O2Si/c1-21(2,3)27-20(28)19(24)18(14-26-27)29-15-16-10-12-17(13-11-16)30(25,22(4,5)6)23(7,8)9/h10-14H,15H2,1-9H3/q-1. The average Bonchev–Trinajstić information content (AvgIpc) is 2.59. The quantitative estimate of drug-likeness (QED) is 0.425. The Labute approximate surface area is 185 Å². The van der Waals surface area contributed by atoms with Gasteiger partial charge in [-0.2, -0.15) is 10.3 Å². The number of rotatable bonds is 4. The summed E-state index contributed by atoms with van der Waals surface area (Å²) in [4.78, 5) is 12.4. The Balaban J connectivity index is 2.26. The Hall–Kier alpha value is -1.66. The summed E-state index contributed by atoms with van der Waals surface area (Å²) in [7, 11) is -3.30. The van der Waals surface area contributed by atoms with Crippen molar-refractivity contribution in [2.75, 3.05) is 0 Å². The fraction of sp³-hybridized carbons (Fsp3) is 0.565. The maximum Gasteiger partial charge on any atom is 0.289 e. The Morgan fingerprint density at radius 1 is 1.00 bits per heavy atom. The third kappa shape index (κ3) is 4.64. The monoisotopic (exact) mass is 452 g/mol. The van der Waals surface area contributed by atoms with Crippen LogP contribution in [-0.4, -0.2) is 18.2 Å². The van der Waals surface area contributed by atoms with E-state index in [4.69, 9.17) is 16.3 Å². The van der Waals surface area contributed by atoms with Crippen molar-refractivity contribution in [2.24, 2.45) is 0 Å². The van der Waals surface area contributed by atoms with Crippen molar-refractivity contribution >= 4 is 25.2 Å². The van der Waals surface area contributed by atoms with E-state index in [2.05, 4.69) is 5.10 Å². The molecule has 0 aliphatic heterocycles. The molecule has 167 valence electrons. The third-order valence-electron chi connectivity index (χ3n) is 5.34. The molecule has 0 bridgehead atoms. The summed E-state index contributed by atoms with van der Waals surface area (Å²) in [6.45, 7) is 17.7. The van der Waals surface area contributed by atoms with Gasteiger partial charge in [-0.3, -0.25) is 4.79 Å². The normalized spacial score (nSPS) is 13.4. The summed E-state index contributed by atoms with van der Waals surface area (Å²) < 4.78 is 23.5. The van der Waals surface area contributed by atoms with Crippen LogP contribution >= 0.6 is 11.6 Å². The molecule has 0 unspecified atom stereocenters. The summed E-state index contributed by atoms with van der Waals surface area (Å²) in [5, 5.41) is 4.09. The number of hydrogen-bond acceptors (Lipinski definition) is 3. The van der Waals surface area contributed by atoms with Crippen molar-refractivity contribution in [1.29, 1.82) is 0 Å². The molecule has 2 aromatic rings. The van der Waals surface area contributed by atoms with Gasteiger partial charge < -0.3 is 8.84 Å². The smallest absolute Gasteiger partial charge is 0.289 e. The number of hydrogen-bond donors (Lipinski definition) is 0. The Kier molecular flexibility index (Phi) is 6.66. The highest BCUT2D eigenvalue weighted by Gasteiger charge is 2.43. The van der Waals surface area contributed by atoms with Gasteiger partial charge in [-0.15, -0.1) is 10.1 Å². The van der Waals surface area contributed by atoms with E-state index >= 15 is 4.11 Å². The van der Waals surface area contributed by atoms with Crippen LogP contribution in [0.5, 0.6) is 5.75 Å². The minimum Gasteiger partial charge on any atom is -0.485 e. The SMILES string of the molecule is CC(C)(C)n1ncc(OCc2ccc([Si-](F)(C(C)(C)C)C(C)(C)C)cc2)c(Cl)c1=O. The lowest BCUT2D eigenvalue weighted by Gasteiger charge is -2.57. The van der Waals surface area contributed by atoms with E-state index in [1.165, 1.54) is 10.9 Å². The lowest BCUT2D eigenvalue weighted by atomic mass is 10.1. The van der Waals surface area contributed by atoms with Gasteiger partial charge in [0.1, 0.15) is 6.61 Å². The molecule has 0 spiro atoms. The number of benzene rings is 1. The van der Waals surface area contributed by atoms with E-state index in [-0.39, 0.29) is 22.9 Å². The van der Waals surface area contributed by atoms with Gasteiger partial charge in [0.15, 0.2) is 10.8 Å². The third-order valence-corrected chi connectivity index (χ3v) is 10.9. The highest BCUT2D eigenvalue weighted by Crippen LogP contribution is 2.51. The number of aromatic nitrogens is 2. The predicted molar refractivity (Wildman–Crippen MR) is 125 cm³/mol. The Bertz CT molecular complexity index is 938. The van der Waals surface area contributed by atoms with Gasteiger partial charge >= 0.3 is 0 Å². The summed E-state index contributed by atoms with van der Waals surface area (Å²) in [5.41, 5.74) is 0.00682. The molecule has 0 radical (unpaired) electrons. The highest BCUT2D eigenvalue weighted by atomic mass is 35.5. The van der Waals surface area contributed by atoms with E-state index in [1.807, 2.05) is 86.6 Å². The fourth-order valence-corrected chi connectivity index (χ4v) is 8.77. The molecule has 0 saturated carbocycles. The minimum atomic E-state index is -3.30. The summed E-state index contributed by atoms with van der Waals surface area (Å²) in [6, 6.07) is 7.51. The second kappa shape index (κ2) is 8.12. The molecule has 0 atom stereocenters. The molecule has 30 heavy (non-hydrogen) atoms. The summed E-state index contributed by atoms with van der Waals surface area (Å²) in [6.07, 6.45) is 1.46. The maximum absolute atomic E-state index is 16.4. The van der Waals surface area contributed by atoms with Crippen molar-refractivity contribution in [2.45, 2.75) is 84.5 Å². The van der Waals surface area contributed by atoms with Crippen LogP contribution in [0.1, 0.15) is 67.9 Å². The topological polar surface area (TPSA) is 44.1 Å². The second-order valence-corrected chi connectivity index (χ2v) is 16.1. The van der Waals surface area contributed by atoms with E-state index in [1.54, 1.807) is 0 Å². The Morgan fingerprint density at radius 3 is 1.93 bits per heavy atom. The van der Waals surface area contributed by atoms with Gasteiger partial charge in [0.2, 0.25) is 0 Å². The van der Waals surface area contributed by atoms with E-state index < -0.39 is 24.0 Å². The molecule has 1 aromatic heterocycles. The first-order valence-corrected chi connectivity index (χ1v) is 12.4. The number of halogens is 2. The molecule has 7 heteroatoms. The first-order valence-electron chi connectivity index (χ1n) is 10.2. The highest BCUT2D eigenvalue weighted by molar-refractivity contribution is 6.90. The zero-order valence-corrected chi connectivity index (χ0v) is 21.3. The number of nitrogens with zero attached hydrogens (tertiary/aromatic N) is 2. The first-order chi connectivity index (χ1) is 13.5. The van der Waals surface area contributed by atoms with Crippen LogP contribution in [0.15, 0.2) is 35.3 Å².